The van der Waals surface area contributed by atoms with E-state index in [2.05, 4.69) is 50.3 Å². The highest BCUT2D eigenvalue weighted by atomic mass is 15.3. The molecule has 2 N–H and O–H groups in total. The monoisotopic (exact) mass is 426 g/mol. The minimum Gasteiger partial charge on any atom is -0.370 e. The zero-order valence-electron chi connectivity index (χ0n) is 18.4. The third-order valence-corrected chi connectivity index (χ3v) is 6.34. The molecule has 1 aliphatic rings. The number of fused-ring (bicyclic) bond motifs is 2. The number of nitrogens with one attached hydrogen (secondary N) is 2. The highest BCUT2D eigenvalue weighted by Crippen LogP contribution is 2.32. The summed E-state index contributed by atoms with van der Waals surface area (Å²) in [4.78, 5) is 15.9. The Labute approximate surface area is 185 Å². The number of rotatable bonds is 4. The standard InChI is InChI=1S/C24H26N8/c1-3-16-15(14-31(2)30-16)17-10-11-19-22(25-17)23(29-28-19)24-26-18-8-7-9-20(21(18)27-24)32-12-5-4-6-13-32/h7-11,14H,3-6,12-13H2,1-2H3,(H,26,27)(H,28,29). The fraction of sp³-hybridized carbons (Fsp3) is 0.333. The van der Waals surface area contributed by atoms with Crippen molar-refractivity contribution in [3.8, 4) is 22.8 Å². The minimum atomic E-state index is 0.738. The zero-order valence-corrected chi connectivity index (χ0v) is 18.4. The van der Waals surface area contributed by atoms with E-state index >= 15 is 0 Å². The summed E-state index contributed by atoms with van der Waals surface area (Å²) in [5.74, 6) is 0.738. The van der Waals surface area contributed by atoms with Gasteiger partial charge in [-0.1, -0.05) is 13.0 Å². The molecule has 4 aromatic heterocycles. The van der Waals surface area contributed by atoms with Gasteiger partial charge in [-0.25, -0.2) is 9.97 Å². The number of aromatic nitrogens is 7. The highest BCUT2D eigenvalue weighted by Gasteiger charge is 2.20. The number of pyridine rings is 1. The van der Waals surface area contributed by atoms with Crippen LogP contribution in [0.15, 0.2) is 36.5 Å². The molecule has 0 aliphatic carbocycles. The SMILES string of the molecule is CCc1nn(C)cc1-c1ccc2[nH]nc(-c3nc4c(N5CCCCC5)cccc4[nH]3)c2n1. The zero-order chi connectivity index (χ0) is 21.7. The lowest BCUT2D eigenvalue weighted by Gasteiger charge is -2.28. The molecule has 32 heavy (non-hydrogen) atoms. The van der Waals surface area contributed by atoms with Gasteiger partial charge in [0.25, 0.3) is 0 Å². The van der Waals surface area contributed by atoms with Crippen LogP contribution in [0.4, 0.5) is 5.69 Å². The number of hydrogen-bond acceptors (Lipinski definition) is 5. The first-order valence-electron chi connectivity index (χ1n) is 11.3. The van der Waals surface area contributed by atoms with Crippen molar-refractivity contribution >= 4 is 27.8 Å². The summed E-state index contributed by atoms with van der Waals surface area (Å²) >= 11 is 0. The summed E-state index contributed by atoms with van der Waals surface area (Å²) in [7, 11) is 1.94. The maximum Gasteiger partial charge on any atom is 0.161 e. The van der Waals surface area contributed by atoms with E-state index < -0.39 is 0 Å². The summed E-state index contributed by atoms with van der Waals surface area (Å²) in [5, 5.41) is 12.3. The molecule has 0 spiro atoms. The van der Waals surface area contributed by atoms with Crippen LogP contribution >= 0.6 is 0 Å². The van der Waals surface area contributed by atoms with Crippen LogP contribution in [0.5, 0.6) is 0 Å². The summed E-state index contributed by atoms with van der Waals surface area (Å²) < 4.78 is 1.84. The van der Waals surface area contributed by atoms with Gasteiger partial charge in [-0.2, -0.15) is 10.2 Å². The largest absolute Gasteiger partial charge is 0.370 e. The summed E-state index contributed by atoms with van der Waals surface area (Å²) in [6.07, 6.45) is 6.66. The number of hydrogen-bond donors (Lipinski definition) is 2. The molecule has 5 heterocycles. The molecule has 0 amide bonds. The van der Waals surface area contributed by atoms with Crippen LogP contribution in [-0.2, 0) is 13.5 Å². The second kappa shape index (κ2) is 7.47. The molecule has 0 saturated carbocycles. The Morgan fingerprint density at radius 2 is 1.84 bits per heavy atom. The first-order valence-corrected chi connectivity index (χ1v) is 11.3. The van der Waals surface area contributed by atoms with Crippen LogP contribution < -0.4 is 4.90 Å². The van der Waals surface area contributed by atoms with Crippen LogP contribution in [0.1, 0.15) is 31.9 Å². The quantitative estimate of drug-likeness (QED) is 0.443. The van der Waals surface area contributed by atoms with Gasteiger partial charge in [-0.15, -0.1) is 0 Å². The summed E-state index contributed by atoms with van der Waals surface area (Å²) in [6.45, 7) is 4.28. The molecule has 0 unspecified atom stereocenters. The van der Waals surface area contributed by atoms with Crippen molar-refractivity contribution in [1.29, 1.82) is 0 Å². The molecule has 1 aromatic carbocycles. The number of aromatic amines is 2. The highest BCUT2D eigenvalue weighted by molar-refractivity contribution is 5.95. The maximum absolute atomic E-state index is 4.98. The first kappa shape index (κ1) is 19.0. The first-order chi connectivity index (χ1) is 15.7. The molecule has 8 nitrogen and oxygen atoms in total. The fourth-order valence-corrected chi connectivity index (χ4v) is 4.74. The summed E-state index contributed by atoms with van der Waals surface area (Å²) in [6, 6.07) is 10.4. The van der Waals surface area contributed by atoms with Gasteiger partial charge in [0.15, 0.2) is 11.5 Å². The van der Waals surface area contributed by atoms with Crippen molar-refractivity contribution in [2.45, 2.75) is 32.6 Å². The molecule has 1 saturated heterocycles. The van der Waals surface area contributed by atoms with Crippen molar-refractivity contribution in [3.63, 3.8) is 0 Å². The van der Waals surface area contributed by atoms with E-state index in [1.807, 2.05) is 30.1 Å². The second-order valence-electron chi connectivity index (χ2n) is 8.49. The van der Waals surface area contributed by atoms with Crippen molar-refractivity contribution in [3.05, 3.63) is 42.2 Å². The Morgan fingerprint density at radius 3 is 2.69 bits per heavy atom. The van der Waals surface area contributed by atoms with Crippen molar-refractivity contribution in [2.24, 2.45) is 7.05 Å². The topological polar surface area (TPSA) is 91.3 Å². The normalized spacial score (nSPS) is 14.6. The Hall–Kier alpha value is -3.68. The van der Waals surface area contributed by atoms with E-state index in [-0.39, 0.29) is 0 Å². The van der Waals surface area contributed by atoms with Crippen LogP contribution in [0, 0.1) is 0 Å². The van der Waals surface area contributed by atoms with Gasteiger partial charge in [-0.3, -0.25) is 9.78 Å². The number of nitrogens with zero attached hydrogens (tertiary/aromatic N) is 6. The number of H-pyrrole nitrogens is 2. The van der Waals surface area contributed by atoms with Crippen LogP contribution in [0.2, 0.25) is 0 Å². The number of piperidine rings is 1. The predicted molar refractivity (Wildman–Crippen MR) is 127 cm³/mol. The molecule has 0 atom stereocenters. The Kier molecular flexibility index (Phi) is 4.45. The number of aryl methyl sites for hydroxylation is 2. The molecule has 0 radical (unpaired) electrons. The van der Waals surface area contributed by atoms with Gasteiger partial charge in [0, 0.05) is 31.9 Å². The molecule has 1 aliphatic heterocycles. The molecule has 1 fully saturated rings. The maximum atomic E-state index is 4.98. The van der Waals surface area contributed by atoms with Crippen molar-refractivity contribution in [2.75, 3.05) is 18.0 Å². The van der Waals surface area contributed by atoms with E-state index in [0.29, 0.717) is 0 Å². The number of benzene rings is 1. The molecule has 0 bridgehead atoms. The van der Waals surface area contributed by atoms with E-state index in [4.69, 9.17) is 9.97 Å². The van der Waals surface area contributed by atoms with E-state index in [9.17, 15) is 0 Å². The lowest BCUT2D eigenvalue weighted by atomic mass is 10.1. The summed E-state index contributed by atoms with van der Waals surface area (Å²) in [5.41, 5.74) is 8.66. The van der Waals surface area contributed by atoms with E-state index in [1.165, 1.54) is 24.9 Å². The smallest absolute Gasteiger partial charge is 0.161 e. The van der Waals surface area contributed by atoms with E-state index in [0.717, 1.165) is 70.0 Å². The molecule has 5 aromatic rings. The third-order valence-electron chi connectivity index (χ3n) is 6.34. The van der Waals surface area contributed by atoms with Gasteiger partial charge >= 0.3 is 0 Å². The van der Waals surface area contributed by atoms with Gasteiger partial charge < -0.3 is 9.88 Å². The third kappa shape index (κ3) is 3.05. The average molecular weight is 427 g/mol. The van der Waals surface area contributed by atoms with E-state index in [1.54, 1.807) is 0 Å². The van der Waals surface area contributed by atoms with Crippen molar-refractivity contribution < 1.29 is 0 Å². The number of anilines is 1. The Morgan fingerprint density at radius 1 is 0.969 bits per heavy atom. The molecule has 6 rings (SSSR count). The van der Waals surface area contributed by atoms with Gasteiger partial charge in [0.05, 0.1) is 28.1 Å². The number of imidazole rings is 1. The van der Waals surface area contributed by atoms with Crippen molar-refractivity contribution in [1.82, 2.24) is 34.9 Å². The molecular formula is C24H26N8. The van der Waals surface area contributed by atoms with Gasteiger partial charge in [-0.05, 0) is 49.9 Å². The predicted octanol–water partition coefficient (Wildman–Crippen LogP) is 4.45. The Balaban J connectivity index is 1.46. The second-order valence-corrected chi connectivity index (χ2v) is 8.49. The lowest BCUT2D eigenvalue weighted by molar-refractivity contribution is 0.579. The minimum absolute atomic E-state index is 0.738. The number of para-hydroxylation sites is 1. The van der Waals surface area contributed by atoms with Crippen LogP contribution in [0.3, 0.4) is 0 Å². The lowest BCUT2D eigenvalue weighted by Crippen LogP contribution is -2.29. The van der Waals surface area contributed by atoms with Crippen LogP contribution in [0.25, 0.3) is 44.8 Å². The van der Waals surface area contributed by atoms with Gasteiger partial charge in [0.1, 0.15) is 11.0 Å². The van der Waals surface area contributed by atoms with Gasteiger partial charge in [0.2, 0.25) is 0 Å². The Bertz CT molecular complexity index is 1420. The fourth-order valence-electron chi connectivity index (χ4n) is 4.74. The molecular weight excluding hydrogens is 400 g/mol. The average Bonchev–Trinajstić information content (AvgIpc) is 3.54. The molecule has 8 heteroatoms. The molecule has 162 valence electrons. The van der Waals surface area contributed by atoms with Crippen LogP contribution in [-0.4, -0.2) is 48.0 Å².